The van der Waals surface area contributed by atoms with Crippen molar-refractivity contribution in [3.05, 3.63) is 54.7 Å². The number of aromatic nitrogens is 3. The molecule has 0 bridgehead atoms. The number of halogens is 1. The first kappa shape index (κ1) is 18.8. The maximum absolute atomic E-state index is 14.6. The van der Waals surface area contributed by atoms with Crippen LogP contribution in [0.5, 0.6) is 0 Å². The molecule has 0 atom stereocenters. The lowest BCUT2D eigenvalue weighted by Gasteiger charge is -2.12. The van der Waals surface area contributed by atoms with Crippen LogP contribution in [0.1, 0.15) is 0 Å². The Morgan fingerprint density at radius 1 is 1.19 bits per heavy atom. The maximum Gasteiger partial charge on any atom is 0.386 e. The molecule has 2 aromatic heterocycles. The number of aliphatic hydroxyl groups excluding tert-OH is 1. The van der Waals surface area contributed by atoms with Gasteiger partial charge in [-0.15, -0.1) is 0 Å². The number of anilines is 1. The van der Waals surface area contributed by atoms with Gasteiger partial charge in [0.25, 0.3) is 0 Å². The van der Waals surface area contributed by atoms with Crippen molar-refractivity contribution in [3.8, 4) is 22.4 Å². The summed E-state index contributed by atoms with van der Waals surface area (Å²) in [6.07, 6.45) is 4.24. The van der Waals surface area contributed by atoms with E-state index in [0.717, 1.165) is 0 Å². The summed E-state index contributed by atoms with van der Waals surface area (Å²) in [5, 5.41) is 8.85. The number of aromatic amines is 1. The van der Waals surface area contributed by atoms with Crippen molar-refractivity contribution in [2.24, 2.45) is 0 Å². The molecule has 2 heterocycles. The molecule has 0 unspecified atom stereocenters. The van der Waals surface area contributed by atoms with Crippen LogP contribution >= 0.6 is 0 Å². The molecule has 10 heteroatoms. The van der Waals surface area contributed by atoms with Gasteiger partial charge in [-0.25, -0.2) is 22.5 Å². The molecule has 8 nitrogen and oxygen atoms in total. The Kier molecular flexibility index (Phi) is 5.40. The number of hydrogen-bond donors (Lipinski definition) is 3. The van der Waals surface area contributed by atoms with E-state index in [9.17, 15) is 12.8 Å². The Labute approximate surface area is 155 Å². The van der Waals surface area contributed by atoms with E-state index in [2.05, 4.69) is 19.7 Å². The minimum Gasteiger partial charge on any atom is -0.395 e. The van der Waals surface area contributed by atoms with Gasteiger partial charge in [0.1, 0.15) is 17.7 Å². The van der Waals surface area contributed by atoms with Crippen molar-refractivity contribution in [1.82, 2.24) is 14.7 Å². The van der Waals surface area contributed by atoms with Gasteiger partial charge in [0.15, 0.2) is 0 Å². The van der Waals surface area contributed by atoms with E-state index in [4.69, 9.17) is 10.8 Å². The number of nitrogens with two attached hydrogens (primary N) is 1. The number of rotatable bonds is 6. The molecule has 0 aliphatic heterocycles. The van der Waals surface area contributed by atoms with Crippen molar-refractivity contribution in [1.29, 1.82) is 0 Å². The van der Waals surface area contributed by atoms with Crippen molar-refractivity contribution in [2.45, 2.75) is 4.90 Å². The van der Waals surface area contributed by atoms with Crippen molar-refractivity contribution < 1.29 is 22.9 Å². The molecule has 0 radical (unpaired) electrons. The van der Waals surface area contributed by atoms with E-state index in [1.807, 2.05) is 0 Å². The number of pyridine rings is 1. The third-order valence-corrected chi connectivity index (χ3v) is 5.24. The SMILES string of the molecule is Nc1ncc(-c2ncc(-c3ccccc3S(=O)(=O)NCCO)cc2F)c[nH+]1. The second-order valence-electron chi connectivity index (χ2n) is 5.56. The van der Waals surface area contributed by atoms with Crippen molar-refractivity contribution in [2.75, 3.05) is 18.9 Å². The number of benzene rings is 1. The molecular weight excluding hydrogens is 373 g/mol. The fourth-order valence-electron chi connectivity index (χ4n) is 2.49. The Balaban J connectivity index is 2.03. The van der Waals surface area contributed by atoms with Crippen LogP contribution in [0.15, 0.2) is 53.8 Å². The molecule has 27 heavy (non-hydrogen) atoms. The van der Waals surface area contributed by atoms with Crippen LogP contribution in [0.2, 0.25) is 0 Å². The Bertz CT molecular complexity index is 1060. The number of aliphatic hydroxyl groups is 1. The van der Waals surface area contributed by atoms with Crippen LogP contribution < -0.4 is 15.4 Å². The summed E-state index contributed by atoms with van der Waals surface area (Å²) >= 11 is 0. The van der Waals surface area contributed by atoms with E-state index in [0.29, 0.717) is 16.7 Å². The molecule has 0 aliphatic rings. The smallest absolute Gasteiger partial charge is 0.386 e. The first-order valence-electron chi connectivity index (χ1n) is 7.91. The summed E-state index contributed by atoms with van der Waals surface area (Å²) in [5.74, 6) is -0.451. The van der Waals surface area contributed by atoms with Gasteiger partial charge in [-0.2, -0.15) is 0 Å². The molecule has 0 saturated carbocycles. The summed E-state index contributed by atoms with van der Waals surface area (Å²) < 4.78 is 41.8. The normalized spacial score (nSPS) is 11.5. The number of sulfonamides is 1. The maximum atomic E-state index is 14.6. The number of H-pyrrole nitrogens is 1. The van der Waals surface area contributed by atoms with Gasteiger partial charge in [0, 0.05) is 23.9 Å². The highest BCUT2D eigenvalue weighted by Gasteiger charge is 2.20. The summed E-state index contributed by atoms with van der Waals surface area (Å²) in [7, 11) is -3.87. The molecular formula is C17H17FN5O3S+. The van der Waals surface area contributed by atoms with Crippen LogP contribution in [0.4, 0.5) is 10.3 Å². The zero-order valence-corrected chi connectivity index (χ0v) is 14.9. The van der Waals surface area contributed by atoms with E-state index < -0.39 is 15.8 Å². The third kappa shape index (κ3) is 4.08. The molecule has 0 fully saturated rings. The van der Waals surface area contributed by atoms with E-state index >= 15 is 0 Å². The second kappa shape index (κ2) is 7.74. The van der Waals surface area contributed by atoms with Crippen LogP contribution in [0, 0.1) is 5.82 Å². The highest BCUT2D eigenvalue weighted by atomic mass is 32.2. The lowest BCUT2D eigenvalue weighted by Crippen LogP contribution is -2.27. The van der Waals surface area contributed by atoms with Gasteiger partial charge in [-0.05, 0) is 12.1 Å². The minimum atomic E-state index is -3.87. The molecule has 0 saturated heterocycles. The second-order valence-corrected chi connectivity index (χ2v) is 7.29. The Morgan fingerprint density at radius 3 is 2.59 bits per heavy atom. The summed E-state index contributed by atoms with van der Waals surface area (Å²) in [6, 6.07) is 7.37. The highest BCUT2D eigenvalue weighted by molar-refractivity contribution is 7.89. The van der Waals surface area contributed by atoms with Crippen LogP contribution in [-0.4, -0.2) is 36.6 Å². The van der Waals surface area contributed by atoms with E-state index in [1.54, 1.807) is 18.2 Å². The topological polar surface area (TPSA) is 132 Å². The number of nitrogen functional groups attached to an aromatic ring is 1. The molecule has 5 N–H and O–H groups in total. The molecule has 3 aromatic rings. The van der Waals surface area contributed by atoms with Gasteiger partial charge < -0.3 is 5.11 Å². The first-order valence-corrected chi connectivity index (χ1v) is 9.40. The molecule has 140 valence electrons. The lowest BCUT2D eigenvalue weighted by molar-refractivity contribution is -0.363. The Morgan fingerprint density at radius 2 is 1.93 bits per heavy atom. The first-order chi connectivity index (χ1) is 12.9. The van der Waals surface area contributed by atoms with Crippen LogP contribution in [0.3, 0.4) is 0 Å². The molecule has 0 aliphatic carbocycles. The fraction of sp³-hybridized carbons (Fsp3) is 0.118. The van der Waals surface area contributed by atoms with Gasteiger partial charge in [-0.1, -0.05) is 23.2 Å². The summed E-state index contributed by atoms with van der Waals surface area (Å²) in [4.78, 5) is 10.6. The van der Waals surface area contributed by atoms with Gasteiger partial charge in [0.2, 0.25) is 10.0 Å². The molecule has 0 spiro atoms. The summed E-state index contributed by atoms with van der Waals surface area (Å²) in [6.45, 7) is -0.457. The van der Waals surface area contributed by atoms with Gasteiger partial charge >= 0.3 is 5.95 Å². The molecule has 0 amide bonds. The largest absolute Gasteiger partial charge is 0.395 e. The molecule has 3 rings (SSSR count). The average Bonchev–Trinajstić information content (AvgIpc) is 2.67. The van der Waals surface area contributed by atoms with Crippen LogP contribution in [-0.2, 0) is 10.0 Å². The lowest BCUT2D eigenvalue weighted by atomic mass is 10.1. The predicted octanol–water partition coefficient (Wildman–Crippen LogP) is 0.617. The van der Waals surface area contributed by atoms with E-state index in [-0.39, 0.29) is 29.7 Å². The van der Waals surface area contributed by atoms with Gasteiger partial charge in [0.05, 0.1) is 23.3 Å². The summed E-state index contributed by atoms with van der Waals surface area (Å²) in [5.41, 5.74) is 6.53. The number of nitrogens with zero attached hydrogens (tertiary/aromatic N) is 2. The fourth-order valence-corrected chi connectivity index (χ4v) is 3.74. The van der Waals surface area contributed by atoms with E-state index in [1.165, 1.54) is 30.7 Å². The zero-order valence-electron chi connectivity index (χ0n) is 14.1. The third-order valence-electron chi connectivity index (χ3n) is 3.72. The van der Waals surface area contributed by atoms with Gasteiger partial charge in [-0.3, -0.25) is 10.7 Å². The average molecular weight is 390 g/mol. The minimum absolute atomic E-state index is 0.0325. The number of hydrogen-bond acceptors (Lipinski definition) is 6. The Hall–Kier alpha value is -2.95. The monoisotopic (exact) mass is 390 g/mol. The van der Waals surface area contributed by atoms with Crippen LogP contribution in [0.25, 0.3) is 22.4 Å². The van der Waals surface area contributed by atoms with Crippen molar-refractivity contribution in [3.63, 3.8) is 0 Å². The highest BCUT2D eigenvalue weighted by Crippen LogP contribution is 2.29. The standard InChI is InChI=1S/C17H16FN5O3S/c18-14-7-11(8-20-16(14)12-9-21-17(19)22-10-12)13-3-1-2-4-15(13)27(25,26)23-5-6-24/h1-4,7-10,23-24H,5-6H2,(H2,19,21,22)/p+1. The predicted molar refractivity (Wildman–Crippen MR) is 96.1 cm³/mol. The zero-order chi connectivity index (χ0) is 19.4. The quantitative estimate of drug-likeness (QED) is 0.565. The molecule has 1 aromatic carbocycles. The van der Waals surface area contributed by atoms with Crippen molar-refractivity contribution >= 4 is 16.0 Å². The number of nitrogens with one attached hydrogen (secondary N) is 2.